The molecular formula is C20H16N6O3. The number of benzene rings is 2. The number of aromatic amines is 1. The number of hydrazone groups is 1. The summed E-state index contributed by atoms with van der Waals surface area (Å²) in [7, 11) is 0. The predicted octanol–water partition coefficient (Wildman–Crippen LogP) is 3.08. The zero-order valence-corrected chi connectivity index (χ0v) is 15.1. The molecule has 0 atom stereocenters. The van der Waals surface area contributed by atoms with E-state index < -0.39 is 10.8 Å². The molecule has 0 fully saturated rings. The maximum Gasteiger partial charge on any atom is 0.291 e. The van der Waals surface area contributed by atoms with Crippen molar-refractivity contribution in [3.05, 3.63) is 93.9 Å². The van der Waals surface area contributed by atoms with Crippen LogP contribution >= 0.6 is 0 Å². The van der Waals surface area contributed by atoms with Crippen molar-refractivity contribution in [2.45, 2.75) is 6.54 Å². The van der Waals surface area contributed by atoms with Crippen LogP contribution in [0.3, 0.4) is 0 Å². The van der Waals surface area contributed by atoms with Crippen LogP contribution in [0, 0.1) is 10.1 Å². The van der Waals surface area contributed by atoms with Crippen LogP contribution in [0.5, 0.6) is 0 Å². The van der Waals surface area contributed by atoms with Crippen LogP contribution in [0.25, 0.3) is 10.9 Å². The molecule has 0 bridgehead atoms. The number of hydrogen-bond acceptors (Lipinski definition) is 5. The lowest BCUT2D eigenvalue weighted by Gasteiger charge is -2.01. The van der Waals surface area contributed by atoms with E-state index in [1.807, 2.05) is 30.5 Å². The van der Waals surface area contributed by atoms with Gasteiger partial charge >= 0.3 is 0 Å². The fourth-order valence-corrected chi connectivity index (χ4v) is 2.90. The third-order valence-corrected chi connectivity index (χ3v) is 4.36. The zero-order chi connectivity index (χ0) is 20.2. The van der Waals surface area contributed by atoms with Crippen LogP contribution in [-0.4, -0.2) is 31.8 Å². The molecular weight excluding hydrogens is 372 g/mol. The summed E-state index contributed by atoms with van der Waals surface area (Å²) in [6.07, 6.45) is 5.06. The summed E-state index contributed by atoms with van der Waals surface area (Å²) in [5.41, 5.74) is 5.41. The number of nitro benzene ring substituents is 1. The van der Waals surface area contributed by atoms with Crippen LogP contribution in [0.15, 0.2) is 72.1 Å². The third kappa shape index (κ3) is 4.03. The van der Waals surface area contributed by atoms with Crippen LogP contribution < -0.4 is 5.43 Å². The van der Waals surface area contributed by atoms with Crippen molar-refractivity contribution in [3.8, 4) is 0 Å². The van der Waals surface area contributed by atoms with Gasteiger partial charge in [-0.05, 0) is 17.7 Å². The van der Waals surface area contributed by atoms with E-state index in [1.54, 1.807) is 35.3 Å². The molecule has 2 N–H and O–H groups in total. The van der Waals surface area contributed by atoms with E-state index in [-0.39, 0.29) is 11.4 Å². The number of fused-ring (bicyclic) bond motifs is 1. The molecule has 0 aliphatic rings. The molecule has 4 rings (SSSR count). The molecule has 2 heterocycles. The molecule has 0 unspecified atom stereocenters. The van der Waals surface area contributed by atoms with Gasteiger partial charge in [0, 0.05) is 41.0 Å². The first-order valence-electron chi connectivity index (χ1n) is 8.76. The highest BCUT2D eigenvalue weighted by molar-refractivity contribution is 5.99. The predicted molar refractivity (Wildman–Crippen MR) is 108 cm³/mol. The Morgan fingerprint density at radius 3 is 2.79 bits per heavy atom. The minimum absolute atomic E-state index is 0.0299. The molecule has 9 heteroatoms. The van der Waals surface area contributed by atoms with Crippen LogP contribution in [-0.2, 0) is 6.54 Å². The Balaban J connectivity index is 1.38. The van der Waals surface area contributed by atoms with Gasteiger partial charge in [-0.1, -0.05) is 30.3 Å². The average molecular weight is 388 g/mol. The SMILES string of the molecule is O=C(N/N=C/c1c[nH]c2ccccc12)c1ccn(Cc2ccc([N+](=O)[O-])cc2)n1. The van der Waals surface area contributed by atoms with Crippen molar-refractivity contribution >= 4 is 28.7 Å². The van der Waals surface area contributed by atoms with Gasteiger partial charge in [0.25, 0.3) is 11.6 Å². The molecule has 0 saturated carbocycles. The summed E-state index contributed by atoms with van der Waals surface area (Å²) in [5.74, 6) is -0.427. The first kappa shape index (κ1) is 18.1. The molecule has 0 spiro atoms. The molecule has 0 aliphatic carbocycles. The van der Waals surface area contributed by atoms with Gasteiger partial charge in [-0.3, -0.25) is 19.6 Å². The molecule has 29 heavy (non-hydrogen) atoms. The Hall–Kier alpha value is -4.27. The molecule has 4 aromatic rings. The van der Waals surface area contributed by atoms with E-state index in [0.29, 0.717) is 6.54 Å². The van der Waals surface area contributed by atoms with Crippen molar-refractivity contribution in [2.24, 2.45) is 5.10 Å². The lowest BCUT2D eigenvalue weighted by atomic mass is 10.2. The number of nitro groups is 1. The third-order valence-electron chi connectivity index (χ3n) is 4.36. The first-order valence-corrected chi connectivity index (χ1v) is 8.76. The standard InChI is InChI=1S/C20H16N6O3/c27-20(23-22-12-15-11-21-18-4-2-1-3-17(15)18)19-9-10-25(24-19)13-14-5-7-16(8-6-14)26(28)29/h1-12,21H,13H2,(H,23,27)/b22-12+. The van der Waals surface area contributed by atoms with E-state index in [4.69, 9.17) is 0 Å². The molecule has 2 aromatic carbocycles. The summed E-state index contributed by atoms with van der Waals surface area (Å²) in [5, 5.41) is 19.9. The Morgan fingerprint density at radius 1 is 1.21 bits per heavy atom. The normalized spacial score (nSPS) is 11.2. The highest BCUT2D eigenvalue weighted by Crippen LogP contribution is 2.15. The largest absolute Gasteiger partial charge is 0.361 e. The zero-order valence-electron chi connectivity index (χ0n) is 15.1. The minimum atomic E-state index is -0.447. The molecule has 9 nitrogen and oxygen atoms in total. The van der Waals surface area contributed by atoms with Crippen molar-refractivity contribution in [1.29, 1.82) is 0 Å². The lowest BCUT2D eigenvalue weighted by molar-refractivity contribution is -0.384. The van der Waals surface area contributed by atoms with Gasteiger partial charge in [-0.25, -0.2) is 5.43 Å². The summed E-state index contributed by atoms with van der Waals surface area (Å²) in [6.45, 7) is 0.393. The quantitative estimate of drug-likeness (QED) is 0.300. The highest BCUT2D eigenvalue weighted by atomic mass is 16.6. The van der Waals surface area contributed by atoms with Gasteiger partial charge in [0.1, 0.15) is 0 Å². The van der Waals surface area contributed by atoms with Crippen molar-refractivity contribution < 1.29 is 9.72 Å². The van der Waals surface area contributed by atoms with Crippen LogP contribution in [0.1, 0.15) is 21.6 Å². The maximum atomic E-state index is 12.2. The number of carbonyl (C=O) groups excluding carboxylic acids is 1. The average Bonchev–Trinajstić information content (AvgIpc) is 3.36. The van der Waals surface area contributed by atoms with E-state index >= 15 is 0 Å². The highest BCUT2D eigenvalue weighted by Gasteiger charge is 2.10. The van der Waals surface area contributed by atoms with E-state index in [1.165, 1.54) is 12.1 Å². The van der Waals surface area contributed by atoms with Crippen LogP contribution in [0.4, 0.5) is 5.69 Å². The van der Waals surface area contributed by atoms with E-state index in [0.717, 1.165) is 22.0 Å². The number of hydrogen-bond donors (Lipinski definition) is 2. The Labute approximate surface area is 164 Å². The van der Waals surface area contributed by atoms with Gasteiger partial charge in [-0.2, -0.15) is 10.2 Å². The van der Waals surface area contributed by atoms with Crippen molar-refractivity contribution in [1.82, 2.24) is 20.2 Å². The number of aromatic nitrogens is 3. The molecule has 1 amide bonds. The van der Waals surface area contributed by atoms with Crippen molar-refractivity contribution in [3.63, 3.8) is 0 Å². The fourth-order valence-electron chi connectivity index (χ4n) is 2.90. The number of H-pyrrole nitrogens is 1. The summed E-state index contributed by atoms with van der Waals surface area (Å²) in [6, 6.07) is 15.6. The monoisotopic (exact) mass is 388 g/mol. The Morgan fingerprint density at radius 2 is 2.00 bits per heavy atom. The second-order valence-electron chi connectivity index (χ2n) is 6.31. The van der Waals surface area contributed by atoms with E-state index in [2.05, 4.69) is 20.6 Å². The number of amides is 1. The fraction of sp³-hybridized carbons (Fsp3) is 0.0500. The number of para-hydroxylation sites is 1. The smallest absolute Gasteiger partial charge is 0.291 e. The Bertz CT molecular complexity index is 1210. The minimum Gasteiger partial charge on any atom is -0.361 e. The van der Waals surface area contributed by atoms with Gasteiger partial charge in [0.15, 0.2) is 5.69 Å². The summed E-state index contributed by atoms with van der Waals surface area (Å²) >= 11 is 0. The molecule has 2 aromatic heterocycles. The molecule has 144 valence electrons. The summed E-state index contributed by atoms with van der Waals surface area (Å²) in [4.78, 5) is 25.6. The number of nitrogens with zero attached hydrogens (tertiary/aromatic N) is 4. The van der Waals surface area contributed by atoms with Crippen molar-refractivity contribution in [2.75, 3.05) is 0 Å². The molecule has 0 saturated heterocycles. The maximum absolute atomic E-state index is 12.2. The van der Waals surface area contributed by atoms with Gasteiger partial charge in [-0.15, -0.1) is 0 Å². The Kier molecular flexibility index (Phi) is 4.85. The first-order chi connectivity index (χ1) is 14.1. The number of nitrogens with one attached hydrogen (secondary N) is 2. The number of rotatable bonds is 6. The van der Waals surface area contributed by atoms with E-state index in [9.17, 15) is 14.9 Å². The lowest BCUT2D eigenvalue weighted by Crippen LogP contribution is -2.18. The van der Waals surface area contributed by atoms with Crippen LogP contribution in [0.2, 0.25) is 0 Å². The van der Waals surface area contributed by atoms with Gasteiger partial charge in [0.05, 0.1) is 17.7 Å². The molecule has 0 radical (unpaired) electrons. The number of non-ortho nitro benzene ring substituents is 1. The number of carbonyl (C=O) groups is 1. The summed E-state index contributed by atoms with van der Waals surface area (Å²) < 4.78 is 1.58. The second-order valence-corrected chi connectivity index (χ2v) is 6.31. The van der Waals surface area contributed by atoms with Gasteiger partial charge in [0.2, 0.25) is 0 Å². The second kappa shape index (κ2) is 7.77. The van der Waals surface area contributed by atoms with Gasteiger partial charge < -0.3 is 4.98 Å². The topological polar surface area (TPSA) is 118 Å². The molecule has 0 aliphatic heterocycles.